The van der Waals surface area contributed by atoms with Crippen LogP contribution < -0.4 is 5.73 Å². The van der Waals surface area contributed by atoms with E-state index in [1.807, 2.05) is 0 Å². The van der Waals surface area contributed by atoms with Gasteiger partial charge in [-0.1, -0.05) is 18.8 Å². The minimum atomic E-state index is -0.489. The Morgan fingerprint density at radius 2 is 1.89 bits per heavy atom. The molecule has 1 amide bonds. The highest BCUT2D eigenvalue weighted by Gasteiger charge is 2.40. The Balaban J connectivity index is 2.10. The summed E-state index contributed by atoms with van der Waals surface area (Å²) >= 11 is 0. The molecule has 18 heavy (non-hydrogen) atoms. The molecule has 0 spiro atoms. The van der Waals surface area contributed by atoms with Crippen molar-refractivity contribution in [3.05, 3.63) is 0 Å². The molecule has 96 valence electrons. The second-order valence-corrected chi connectivity index (χ2v) is 5.22. The monoisotopic (exact) mass is 245 g/mol. The molecule has 2 fully saturated rings. The zero-order valence-corrected chi connectivity index (χ0v) is 10.5. The van der Waals surface area contributed by atoms with Crippen molar-refractivity contribution in [3.63, 3.8) is 0 Å². The van der Waals surface area contributed by atoms with Crippen LogP contribution in [0.15, 0.2) is 0 Å². The fourth-order valence-electron chi connectivity index (χ4n) is 3.10. The van der Waals surface area contributed by atoms with E-state index in [4.69, 9.17) is 17.4 Å². The van der Waals surface area contributed by atoms with E-state index < -0.39 is 12.1 Å². The van der Waals surface area contributed by atoms with Gasteiger partial charge in [-0.05, 0) is 31.6 Å². The predicted molar refractivity (Wildman–Crippen MR) is 68.0 cm³/mol. The van der Waals surface area contributed by atoms with Crippen molar-refractivity contribution in [2.24, 2.45) is 11.7 Å². The molecular weight excluding hydrogens is 226 g/mol. The number of carbonyl (C=O) groups is 1. The van der Waals surface area contributed by atoms with E-state index in [9.17, 15) is 4.79 Å². The average molecular weight is 245 g/mol. The maximum Gasteiger partial charge on any atom is 0.241 e. The van der Waals surface area contributed by atoms with Crippen molar-refractivity contribution in [1.29, 1.82) is 5.26 Å². The summed E-state index contributed by atoms with van der Waals surface area (Å²) in [6.45, 7) is 0. The van der Waals surface area contributed by atoms with Gasteiger partial charge in [0.1, 0.15) is 6.04 Å². The van der Waals surface area contributed by atoms with E-state index in [1.165, 1.54) is 0 Å². The zero-order chi connectivity index (χ0) is 13.1. The summed E-state index contributed by atoms with van der Waals surface area (Å²) in [5.41, 5.74) is 6.07. The van der Waals surface area contributed by atoms with E-state index in [1.54, 1.807) is 4.90 Å². The number of carbonyl (C=O) groups excluding carboxylic acids is 1. The van der Waals surface area contributed by atoms with Crippen LogP contribution in [0.1, 0.15) is 38.5 Å². The number of likely N-dealkylation sites (tertiary alicyclic amines) is 1. The molecule has 1 aliphatic heterocycles. The number of amides is 1. The first-order chi connectivity index (χ1) is 8.69. The predicted octanol–water partition coefficient (Wildman–Crippen LogP) is 1.02. The molecule has 0 aromatic carbocycles. The minimum absolute atomic E-state index is 0.131. The Labute approximate surface area is 108 Å². The number of nitriles is 1. The second kappa shape index (κ2) is 5.42. The van der Waals surface area contributed by atoms with Crippen molar-refractivity contribution >= 4 is 5.91 Å². The van der Waals surface area contributed by atoms with Crippen LogP contribution in [0.25, 0.3) is 0 Å². The fourth-order valence-corrected chi connectivity index (χ4v) is 3.10. The van der Waals surface area contributed by atoms with Crippen LogP contribution in [-0.2, 0) is 4.79 Å². The third kappa shape index (κ3) is 2.21. The largest absolute Gasteiger partial charge is 0.320 e. The molecule has 1 saturated carbocycles. The topological polar surface area (TPSA) is 70.1 Å². The molecule has 1 aliphatic carbocycles. The van der Waals surface area contributed by atoms with E-state index >= 15 is 0 Å². The van der Waals surface area contributed by atoms with Gasteiger partial charge in [-0.2, -0.15) is 5.26 Å². The van der Waals surface area contributed by atoms with Gasteiger partial charge < -0.3 is 10.6 Å². The lowest BCUT2D eigenvalue weighted by Crippen LogP contribution is -2.51. The molecule has 4 nitrogen and oxygen atoms in total. The van der Waals surface area contributed by atoms with E-state index in [2.05, 4.69) is 12.0 Å². The molecule has 0 bridgehead atoms. The van der Waals surface area contributed by atoms with Crippen molar-refractivity contribution in [2.75, 3.05) is 0 Å². The van der Waals surface area contributed by atoms with Crippen LogP contribution >= 0.6 is 0 Å². The number of rotatable bonds is 2. The molecule has 0 aromatic heterocycles. The Morgan fingerprint density at radius 3 is 2.44 bits per heavy atom. The maximum absolute atomic E-state index is 12.4. The Hall–Kier alpha value is -1.52. The SMILES string of the molecule is C#CC1CCC(C#N)N1C(=O)[C@H](N)C1CCCC1. The summed E-state index contributed by atoms with van der Waals surface area (Å²) in [6, 6.07) is 1.02. The summed E-state index contributed by atoms with van der Waals surface area (Å²) in [7, 11) is 0. The van der Waals surface area contributed by atoms with Gasteiger partial charge in [0.2, 0.25) is 5.91 Å². The van der Waals surface area contributed by atoms with E-state index in [0.717, 1.165) is 25.7 Å². The molecule has 1 heterocycles. The summed E-state index contributed by atoms with van der Waals surface area (Å²) < 4.78 is 0. The molecule has 4 heteroatoms. The third-order valence-corrected chi connectivity index (χ3v) is 4.17. The molecular formula is C14H19N3O. The Morgan fingerprint density at radius 1 is 1.28 bits per heavy atom. The number of terminal acetylenes is 1. The molecule has 3 atom stereocenters. The van der Waals surface area contributed by atoms with Crippen molar-refractivity contribution in [3.8, 4) is 18.4 Å². The number of nitrogens with two attached hydrogens (primary N) is 1. The molecule has 2 N–H and O–H groups in total. The lowest BCUT2D eigenvalue weighted by Gasteiger charge is -2.29. The highest BCUT2D eigenvalue weighted by molar-refractivity contribution is 5.83. The molecule has 2 rings (SSSR count). The Kier molecular flexibility index (Phi) is 3.89. The highest BCUT2D eigenvalue weighted by atomic mass is 16.2. The molecule has 0 radical (unpaired) electrons. The second-order valence-electron chi connectivity index (χ2n) is 5.22. The van der Waals surface area contributed by atoms with Crippen LogP contribution in [0.5, 0.6) is 0 Å². The standard InChI is InChI=1S/C14H19N3O/c1-2-11-7-8-12(9-15)17(11)14(18)13(16)10-5-3-4-6-10/h1,10-13H,3-8,16H2/t11?,12?,13-/m1/s1. The summed E-state index contributed by atoms with van der Waals surface area (Å²) in [5.74, 6) is 2.73. The summed E-state index contributed by atoms with van der Waals surface area (Å²) in [5, 5.41) is 9.09. The molecule has 0 aromatic rings. The van der Waals surface area contributed by atoms with Crippen LogP contribution in [0.3, 0.4) is 0 Å². The van der Waals surface area contributed by atoms with E-state index in [-0.39, 0.29) is 17.9 Å². The third-order valence-electron chi connectivity index (χ3n) is 4.17. The normalized spacial score (nSPS) is 29.8. The molecule has 1 saturated heterocycles. The van der Waals surface area contributed by atoms with Gasteiger partial charge in [-0.15, -0.1) is 6.42 Å². The van der Waals surface area contributed by atoms with Crippen LogP contribution in [0, 0.1) is 29.6 Å². The number of hydrogen-bond donors (Lipinski definition) is 1. The number of hydrogen-bond acceptors (Lipinski definition) is 3. The first kappa shape index (κ1) is 12.9. The van der Waals surface area contributed by atoms with Gasteiger partial charge in [0.05, 0.1) is 18.2 Å². The van der Waals surface area contributed by atoms with Crippen molar-refractivity contribution in [1.82, 2.24) is 4.90 Å². The van der Waals surface area contributed by atoms with Gasteiger partial charge in [0.25, 0.3) is 0 Å². The van der Waals surface area contributed by atoms with Crippen LogP contribution in [-0.4, -0.2) is 28.9 Å². The zero-order valence-electron chi connectivity index (χ0n) is 10.5. The highest BCUT2D eigenvalue weighted by Crippen LogP contribution is 2.30. The van der Waals surface area contributed by atoms with Crippen molar-refractivity contribution in [2.45, 2.75) is 56.7 Å². The van der Waals surface area contributed by atoms with Gasteiger partial charge in [0.15, 0.2) is 0 Å². The first-order valence-electron chi connectivity index (χ1n) is 6.62. The lowest BCUT2D eigenvalue weighted by atomic mass is 9.97. The van der Waals surface area contributed by atoms with Gasteiger partial charge in [0, 0.05) is 0 Å². The molecule has 2 unspecified atom stereocenters. The summed E-state index contributed by atoms with van der Waals surface area (Å²) in [6.07, 6.45) is 11.1. The van der Waals surface area contributed by atoms with Gasteiger partial charge in [-0.25, -0.2) is 0 Å². The van der Waals surface area contributed by atoms with E-state index in [0.29, 0.717) is 12.8 Å². The smallest absolute Gasteiger partial charge is 0.241 e. The summed E-state index contributed by atoms with van der Waals surface area (Å²) in [4.78, 5) is 14.0. The lowest BCUT2D eigenvalue weighted by molar-refractivity contribution is -0.134. The molecule has 2 aliphatic rings. The first-order valence-corrected chi connectivity index (χ1v) is 6.62. The Bertz CT molecular complexity index is 378. The minimum Gasteiger partial charge on any atom is -0.320 e. The van der Waals surface area contributed by atoms with Crippen LogP contribution in [0.4, 0.5) is 0 Å². The number of nitrogens with zero attached hydrogens (tertiary/aromatic N) is 2. The van der Waals surface area contributed by atoms with Crippen molar-refractivity contribution < 1.29 is 4.79 Å². The van der Waals surface area contributed by atoms with Crippen LogP contribution in [0.2, 0.25) is 0 Å². The quantitative estimate of drug-likeness (QED) is 0.738. The maximum atomic E-state index is 12.4. The van der Waals surface area contributed by atoms with Gasteiger partial charge >= 0.3 is 0 Å². The fraction of sp³-hybridized carbons (Fsp3) is 0.714. The average Bonchev–Trinajstić information content (AvgIpc) is 3.05. The van der Waals surface area contributed by atoms with Gasteiger partial charge in [-0.3, -0.25) is 4.79 Å².